The lowest BCUT2D eigenvalue weighted by Gasteiger charge is -2.28. The van der Waals surface area contributed by atoms with Crippen LogP contribution in [0, 0.1) is 0 Å². The van der Waals surface area contributed by atoms with Crippen molar-refractivity contribution in [2.75, 3.05) is 47.3 Å². The molecule has 0 saturated carbocycles. The van der Waals surface area contributed by atoms with E-state index in [9.17, 15) is 79.0 Å². The van der Waals surface area contributed by atoms with Gasteiger partial charge in [-0.15, -0.1) is 40.8 Å². The third kappa shape index (κ3) is 21.0. The average Bonchev–Trinajstić information content (AvgIpc) is 1.60. The molecule has 112 heavy (non-hydrogen) atoms. The minimum atomic E-state index is -4.59. The lowest BCUT2D eigenvalue weighted by Crippen LogP contribution is -2.44. The van der Waals surface area contributed by atoms with Gasteiger partial charge in [-0.25, -0.2) is 19.9 Å². The molecule has 12 aromatic heterocycles. The summed E-state index contributed by atoms with van der Waals surface area (Å²) in [6, 6.07) is 10.8. The zero-order valence-corrected chi connectivity index (χ0v) is 59.3. The number of hydrogen-bond acceptors (Lipinski definition) is 25. The summed E-state index contributed by atoms with van der Waals surface area (Å²) in [5, 5.41) is 29.2. The molecule has 0 aromatic carbocycles. The van der Waals surface area contributed by atoms with Crippen molar-refractivity contribution in [1.82, 2.24) is 98.3 Å². The molecule has 47 heteroatoms. The van der Waals surface area contributed by atoms with E-state index in [0.717, 1.165) is 47.8 Å². The Morgan fingerprint density at radius 2 is 0.714 bits per heavy atom. The van der Waals surface area contributed by atoms with Crippen molar-refractivity contribution >= 4 is 22.6 Å². The minimum absolute atomic E-state index is 0.0342. The molecule has 12 heterocycles. The van der Waals surface area contributed by atoms with Crippen LogP contribution in [0.2, 0.25) is 0 Å². The molecule has 0 amide bonds. The highest BCUT2D eigenvalue weighted by atomic mass is 19.4. The van der Waals surface area contributed by atoms with Crippen LogP contribution in [-0.2, 0) is 48.6 Å². The molecule has 0 bridgehead atoms. The molecule has 12 rings (SSSR count). The first kappa shape index (κ1) is 84.6. The van der Waals surface area contributed by atoms with Gasteiger partial charge < -0.3 is 42.6 Å². The van der Waals surface area contributed by atoms with E-state index in [2.05, 4.69) is 104 Å². The van der Waals surface area contributed by atoms with Crippen molar-refractivity contribution in [2.45, 2.75) is 115 Å². The van der Waals surface area contributed by atoms with Crippen LogP contribution in [0.25, 0.3) is 67.6 Å². The predicted octanol–water partition coefficient (Wildman–Crippen LogP) is 13.5. The van der Waals surface area contributed by atoms with Crippen molar-refractivity contribution in [2.24, 2.45) is 0 Å². The van der Waals surface area contributed by atoms with Crippen LogP contribution in [-0.4, -0.2) is 188 Å². The van der Waals surface area contributed by atoms with Crippen molar-refractivity contribution in [3.63, 3.8) is 0 Å². The SMILES string of the molecule is CCOC(F)(F)c1nnc2cnc(-c3ccc(OC(C)(C)C(F)(F)F)nc3)cn12.CCOC(F)(F)c1nnc2cnc(-c3ccc(O[C@H](C)C(F)(F)F)nc3)cn12.COCCOC(F)(F)c1nnc2cnc(-c3ccc(OCC(F)(F)F)nc3)cn12.COCc1nnc2cnc(-c3ccc(OC(C)(C)C(F)(F)F)nc3)cn12. The van der Waals surface area contributed by atoms with E-state index < -0.39 is 84.4 Å². The molecule has 0 N–H and O–H groups in total. The lowest BCUT2D eigenvalue weighted by atomic mass is 10.1. The van der Waals surface area contributed by atoms with Crippen LogP contribution in [0.5, 0.6) is 23.5 Å². The second-order valence-corrected chi connectivity index (χ2v) is 23.8. The summed E-state index contributed by atoms with van der Waals surface area (Å²) in [6.07, 6.45) is -15.5. The fraction of sp³-hybridized carbons (Fsp3) is 0.385. The molecule has 0 unspecified atom stereocenters. The first-order chi connectivity index (χ1) is 52.5. The summed E-state index contributed by atoms with van der Waals surface area (Å²) in [7, 11) is 2.90. The topological polar surface area (TPSA) is 307 Å². The Kier molecular flexibility index (Phi) is 25.7. The Bertz CT molecular complexity index is 5090. The van der Waals surface area contributed by atoms with E-state index in [0.29, 0.717) is 39.4 Å². The maximum Gasteiger partial charge on any atom is 0.427 e. The number of alkyl halides is 18. The van der Waals surface area contributed by atoms with Crippen molar-refractivity contribution in [1.29, 1.82) is 0 Å². The van der Waals surface area contributed by atoms with Crippen LogP contribution in [0.4, 0.5) is 79.0 Å². The van der Waals surface area contributed by atoms with E-state index >= 15 is 0 Å². The first-order valence-corrected chi connectivity index (χ1v) is 32.1. The van der Waals surface area contributed by atoms with E-state index in [1.807, 2.05) is 0 Å². The second-order valence-electron chi connectivity index (χ2n) is 23.8. The molecule has 0 radical (unpaired) electrons. The standard InChI is InChI=1S/C17H16F5N5O2.C16H14F5N5O3.C16H14F5N5O2.C16H16F3N5O2/c1-4-28-16(18,19)14-26-25-12-8-23-11(9-27(12)14)10-5-6-13(24-7-10)29-15(2,3)17(20,21)22;1-27-4-5-29-16(20,21)14-25-24-12-7-22-11(8-26(12)14)10-2-3-13(23-6-10)28-9-15(17,18)19;1-3-27-16(20,21)14-25-24-12-7-22-11(8-26(12)14)10-4-5-13(23-6-10)28-9(2)15(17,18)19;1-15(2,16(17,18)19)26-14-5-4-10(6-21-14)11-8-24-12(7-20-11)22-23-13(24)9-25-3/h5-9H,4H2,1-3H3;2-3,6-8H,4-5,9H2,1H3;4-9H,3H2,1-2H3;4-8H,9H2,1-3H3/t;;9-;/m..1./s1. The monoisotopic (exact) mass is 1610 g/mol. The zero-order valence-electron chi connectivity index (χ0n) is 59.3. The lowest BCUT2D eigenvalue weighted by molar-refractivity contribution is -0.258. The molecule has 0 aliphatic carbocycles. The third-order valence-electron chi connectivity index (χ3n) is 14.9. The summed E-state index contributed by atoms with van der Waals surface area (Å²) < 4.78 is 283. The van der Waals surface area contributed by atoms with Crippen molar-refractivity contribution in [3.05, 3.63) is 146 Å². The number of pyridine rings is 4. The van der Waals surface area contributed by atoms with Crippen LogP contribution < -0.4 is 18.9 Å². The number of halogens is 18. The van der Waals surface area contributed by atoms with Gasteiger partial charge in [-0.2, -0.15) is 79.0 Å². The highest BCUT2D eigenvalue weighted by molar-refractivity contribution is 5.62. The number of fused-ring (bicyclic) bond motifs is 4. The van der Waals surface area contributed by atoms with Crippen LogP contribution in [0.3, 0.4) is 0 Å². The van der Waals surface area contributed by atoms with Gasteiger partial charge in [0, 0.05) is 110 Å². The molecular formula is C65H60F18N20O9. The van der Waals surface area contributed by atoms with Gasteiger partial charge in [-0.05, 0) is 72.7 Å². The molecule has 0 aliphatic heterocycles. The first-order valence-electron chi connectivity index (χ1n) is 32.1. The van der Waals surface area contributed by atoms with Gasteiger partial charge in [-0.1, -0.05) is 0 Å². The molecular weight excluding hydrogens is 1550 g/mol. The average molecular weight is 1610 g/mol. The molecule has 29 nitrogen and oxygen atoms in total. The Morgan fingerprint density at radius 1 is 0.375 bits per heavy atom. The van der Waals surface area contributed by atoms with Crippen LogP contribution >= 0.6 is 0 Å². The summed E-state index contributed by atoms with van der Waals surface area (Å²) in [5.41, 5.74) is -1.09. The van der Waals surface area contributed by atoms with Crippen LogP contribution in [0.1, 0.15) is 71.8 Å². The van der Waals surface area contributed by atoms with E-state index in [1.165, 1.54) is 125 Å². The summed E-state index contributed by atoms with van der Waals surface area (Å²) in [4.78, 5) is 31.9. The van der Waals surface area contributed by atoms with E-state index in [1.54, 1.807) is 30.0 Å². The molecule has 12 aromatic rings. The van der Waals surface area contributed by atoms with Gasteiger partial charge >= 0.3 is 43.0 Å². The Hall–Kier alpha value is -11.5. The molecule has 0 aliphatic rings. The highest BCUT2D eigenvalue weighted by Gasteiger charge is 2.51. The number of ether oxygens (including phenoxy) is 9. The summed E-state index contributed by atoms with van der Waals surface area (Å²) in [5.74, 6) is -2.45. The van der Waals surface area contributed by atoms with Gasteiger partial charge in [-0.3, -0.25) is 37.5 Å². The quantitative estimate of drug-likeness (QED) is 0.0379. The Labute approximate surface area is 618 Å². The van der Waals surface area contributed by atoms with E-state index in [4.69, 9.17) is 18.9 Å². The fourth-order valence-electron chi connectivity index (χ4n) is 8.93. The Morgan fingerprint density at radius 3 is 1.04 bits per heavy atom. The van der Waals surface area contributed by atoms with Crippen molar-refractivity contribution in [3.8, 4) is 68.5 Å². The number of nitrogens with zero attached hydrogens (tertiary/aromatic N) is 20. The van der Waals surface area contributed by atoms with Crippen molar-refractivity contribution < 1.29 is 122 Å². The van der Waals surface area contributed by atoms with Gasteiger partial charge in [0.2, 0.25) is 41.0 Å². The summed E-state index contributed by atoms with van der Waals surface area (Å²) in [6.45, 7) is 5.27. The van der Waals surface area contributed by atoms with Crippen LogP contribution in [0.15, 0.2) is 123 Å². The van der Waals surface area contributed by atoms with E-state index in [-0.39, 0.29) is 90.6 Å². The zero-order chi connectivity index (χ0) is 82.0. The molecule has 0 fully saturated rings. The molecule has 1 atom stereocenters. The number of hydrogen-bond donors (Lipinski definition) is 0. The maximum atomic E-state index is 14.3. The largest absolute Gasteiger partial charge is 0.468 e. The summed E-state index contributed by atoms with van der Waals surface area (Å²) >= 11 is 0. The normalized spacial score (nSPS) is 13.0. The number of aromatic nitrogens is 20. The third-order valence-corrected chi connectivity index (χ3v) is 14.9. The smallest absolute Gasteiger partial charge is 0.427 e. The predicted molar refractivity (Wildman–Crippen MR) is 349 cm³/mol. The molecule has 600 valence electrons. The molecule has 0 saturated heterocycles. The van der Waals surface area contributed by atoms with Gasteiger partial charge in [0.15, 0.2) is 52.3 Å². The second kappa shape index (κ2) is 34.0. The molecule has 0 spiro atoms. The minimum Gasteiger partial charge on any atom is -0.468 e. The fourth-order valence-corrected chi connectivity index (χ4v) is 8.93. The maximum absolute atomic E-state index is 14.3. The number of methoxy groups -OCH3 is 2. The highest BCUT2D eigenvalue weighted by Crippen LogP contribution is 2.38. The number of rotatable bonds is 25. The van der Waals surface area contributed by atoms with Gasteiger partial charge in [0.25, 0.3) is 0 Å². The van der Waals surface area contributed by atoms with Gasteiger partial charge in [0.1, 0.15) is 6.61 Å². The van der Waals surface area contributed by atoms with Gasteiger partial charge in [0.05, 0.1) is 74.0 Å². The Balaban J connectivity index is 0.000000172.